The van der Waals surface area contributed by atoms with E-state index >= 15 is 0 Å². The summed E-state index contributed by atoms with van der Waals surface area (Å²) in [5.74, 6) is 1.01. The van der Waals surface area contributed by atoms with Crippen molar-refractivity contribution in [2.45, 2.75) is 65.3 Å². The van der Waals surface area contributed by atoms with Crippen molar-refractivity contribution in [3.05, 3.63) is 35.9 Å². The zero-order valence-electron chi connectivity index (χ0n) is 19.2. The molecule has 0 bridgehead atoms. The molecule has 0 unspecified atom stereocenters. The van der Waals surface area contributed by atoms with Crippen molar-refractivity contribution < 1.29 is 8.42 Å². The van der Waals surface area contributed by atoms with Gasteiger partial charge >= 0.3 is 0 Å². The summed E-state index contributed by atoms with van der Waals surface area (Å²) in [6.07, 6.45) is 1.56. The molecule has 174 valence electrons. The van der Waals surface area contributed by atoms with Crippen LogP contribution >= 0.6 is 24.0 Å². The Bertz CT molecular complexity index is 686. The molecule has 0 aliphatic heterocycles. The molecule has 0 aromatic heterocycles. The maximum Gasteiger partial charge on any atom is 0.191 e. The van der Waals surface area contributed by atoms with Crippen LogP contribution in [0.4, 0.5) is 0 Å². The number of sulfone groups is 1. The van der Waals surface area contributed by atoms with Crippen LogP contribution in [0.25, 0.3) is 0 Å². The third kappa shape index (κ3) is 12.7. The molecular weight excluding hydrogens is 511 g/mol. The Morgan fingerprint density at radius 2 is 1.67 bits per heavy atom. The lowest BCUT2D eigenvalue weighted by atomic mass is 10.2. The molecule has 0 aliphatic rings. The van der Waals surface area contributed by atoms with Gasteiger partial charge in [0.15, 0.2) is 15.8 Å². The van der Waals surface area contributed by atoms with Crippen LogP contribution in [-0.4, -0.2) is 63.3 Å². The zero-order chi connectivity index (χ0) is 21.7. The van der Waals surface area contributed by atoms with Gasteiger partial charge in [0.25, 0.3) is 0 Å². The SMILES string of the molecule is CCNC(=NCCCS(=O)(=O)Cc1ccccc1)NCCCN(C(C)C)C(C)C.I. The number of rotatable bonds is 13. The number of guanidine groups is 1. The summed E-state index contributed by atoms with van der Waals surface area (Å²) in [5, 5.41) is 6.58. The zero-order valence-corrected chi connectivity index (χ0v) is 22.4. The van der Waals surface area contributed by atoms with E-state index in [1.165, 1.54) is 0 Å². The predicted molar refractivity (Wildman–Crippen MR) is 140 cm³/mol. The summed E-state index contributed by atoms with van der Waals surface area (Å²) in [7, 11) is -3.11. The molecule has 0 fully saturated rings. The van der Waals surface area contributed by atoms with Crippen molar-refractivity contribution in [1.29, 1.82) is 0 Å². The first-order valence-corrected chi connectivity index (χ1v) is 12.6. The maximum absolute atomic E-state index is 12.3. The number of nitrogens with one attached hydrogen (secondary N) is 2. The summed E-state index contributed by atoms with van der Waals surface area (Å²) in [5.41, 5.74) is 0.836. The molecule has 0 saturated carbocycles. The van der Waals surface area contributed by atoms with E-state index < -0.39 is 9.84 Å². The van der Waals surface area contributed by atoms with Gasteiger partial charge in [-0.15, -0.1) is 24.0 Å². The van der Waals surface area contributed by atoms with Crippen LogP contribution in [0.1, 0.15) is 53.0 Å². The number of nitrogens with zero attached hydrogens (tertiary/aromatic N) is 2. The summed E-state index contributed by atoms with van der Waals surface area (Å²) in [6, 6.07) is 10.4. The van der Waals surface area contributed by atoms with Gasteiger partial charge in [0.2, 0.25) is 0 Å². The van der Waals surface area contributed by atoms with E-state index in [2.05, 4.69) is 48.2 Å². The third-order valence-electron chi connectivity index (χ3n) is 4.67. The van der Waals surface area contributed by atoms with Gasteiger partial charge in [-0.25, -0.2) is 8.42 Å². The van der Waals surface area contributed by atoms with Gasteiger partial charge in [0.05, 0.1) is 11.5 Å². The average Bonchev–Trinajstić information content (AvgIpc) is 2.64. The van der Waals surface area contributed by atoms with Crippen molar-refractivity contribution in [3.8, 4) is 0 Å². The molecule has 30 heavy (non-hydrogen) atoms. The highest BCUT2D eigenvalue weighted by molar-refractivity contribution is 14.0. The maximum atomic E-state index is 12.3. The molecule has 1 aromatic carbocycles. The molecule has 0 heterocycles. The van der Waals surface area contributed by atoms with Gasteiger partial charge in [-0.2, -0.15) is 0 Å². The Morgan fingerprint density at radius 1 is 1.03 bits per heavy atom. The highest BCUT2D eigenvalue weighted by Crippen LogP contribution is 2.07. The Labute approximate surface area is 201 Å². The first-order valence-electron chi connectivity index (χ1n) is 10.8. The molecule has 0 aliphatic carbocycles. The fourth-order valence-electron chi connectivity index (χ4n) is 3.30. The number of benzene rings is 1. The highest BCUT2D eigenvalue weighted by Gasteiger charge is 2.13. The molecule has 0 atom stereocenters. The summed E-state index contributed by atoms with van der Waals surface area (Å²) < 4.78 is 24.5. The van der Waals surface area contributed by atoms with E-state index in [0.29, 0.717) is 25.0 Å². The van der Waals surface area contributed by atoms with E-state index in [-0.39, 0.29) is 35.5 Å². The van der Waals surface area contributed by atoms with Crippen LogP contribution in [0.15, 0.2) is 35.3 Å². The second-order valence-corrected chi connectivity index (χ2v) is 10.1. The van der Waals surface area contributed by atoms with Crippen LogP contribution in [0.2, 0.25) is 0 Å². The summed E-state index contributed by atoms with van der Waals surface area (Å²) >= 11 is 0. The van der Waals surface area contributed by atoms with Crippen molar-refractivity contribution in [3.63, 3.8) is 0 Å². The Kier molecular flexibility index (Phi) is 15.4. The first kappa shape index (κ1) is 29.1. The third-order valence-corrected chi connectivity index (χ3v) is 6.35. The molecule has 6 nitrogen and oxygen atoms in total. The number of halogens is 1. The van der Waals surface area contributed by atoms with Crippen molar-refractivity contribution in [2.75, 3.05) is 31.9 Å². The molecule has 8 heteroatoms. The molecule has 0 amide bonds. The molecule has 0 saturated heterocycles. The van der Waals surface area contributed by atoms with Crippen LogP contribution in [-0.2, 0) is 15.6 Å². The lowest BCUT2D eigenvalue weighted by molar-refractivity contribution is 0.173. The predicted octanol–water partition coefficient (Wildman–Crippen LogP) is 3.67. The largest absolute Gasteiger partial charge is 0.357 e. The Hall–Kier alpha value is -0.870. The second kappa shape index (κ2) is 15.9. The van der Waals surface area contributed by atoms with E-state index in [0.717, 1.165) is 37.6 Å². The fraction of sp³-hybridized carbons (Fsp3) is 0.682. The number of hydrogen-bond acceptors (Lipinski definition) is 4. The van der Waals surface area contributed by atoms with E-state index in [1.54, 1.807) is 0 Å². The second-order valence-electron chi connectivity index (χ2n) is 7.90. The van der Waals surface area contributed by atoms with Crippen LogP contribution in [0, 0.1) is 0 Å². The lowest BCUT2D eigenvalue weighted by Gasteiger charge is -2.30. The first-order chi connectivity index (χ1) is 13.7. The van der Waals surface area contributed by atoms with Crippen molar-refractivity contribution in [1.82, 2.24) is 15.5 Å². The van der Waals surface area contributed by atoms with Crippen molar-refractivity contribution in [2.24, 2.45) is 4.99 Å². The van der Waals surface area contributed by atoms with Gasteiger partial charge in [0, 0.05) is 38.3 Å². The van der Waals surface area contributed by atoms with Gasteiger partial charge < -0.3 is 10.6 Å². The smallest absolute Gasteiger partial charge is 0.191 e. The average molecular weight is 553 g/mol. The van der Waals surface area contributed by atoms with Crippen LogP contribution in [0.5, 0.6) is 0 Å². The quantitative estimate of drug-likeness (QED) is 0.169. The molecule has 1 rings (SSSR count). The number of hydrogen-bond donors (Lipinski definition) is 2. The van der Waals surface area contributed by atoms with Crippen LogP contribution < -0.4 is 10.6 Å². The van der Waals surface area contributed by atoms with Gasteiger partial charge in [-0.1, -0.05) is 30.3 Å². The minimum Gasteiger partial charge on any atom is -0.357 e. The number of aliphatic imine (C=N–C) groups is 1. The van der Waals surface area contributed by atoms with Crippen molar-refractivity contribution >= 4 is 39.8 Å². The minimum absolute atomic E-state index is 0. The van der Waals surface area contributed by atoms with Gasteiger partial charge in [0.1, 0.15) is 0 Å². The summed E-state index contributed by atoms with van der Waals surface area (Å²) in [4.78, 5) is 7.00. The molecule has 2 N–H and O–H groups in total. The van der Waals surface area contributed by atoms with Crippen LogP contribution in [0.3, 0.4) is 0 Å². The topological polar surface area (TPSA) is 73.8 Å². The molecule has 0 spiro atoms. The monoisotopic (exact) mass is 552 g/mol. The van der Waals surface area contributed by atoms with E-state index in [4.69, 9.17) is 0 Å². The molecule has 0 radical (unpaired) electrons. The molecular formula is C22H41IN4O2S. The fourth-order valence-corrected chi connectivity index (χ4v) is 4.71. The minimum atomic E-state index is -3.11. The standard InChI is InChI=1S/C22H40N4O2S.HI/c1-6-23-22(24-14-10-16-26(19(2)3)20(4)5)25-15-11-17-29(27,28)18-21-12-8-7-9-13-21;/h7-9,12-13,19-20H,6,10-11,14-18H2,1-5H3,(H2,23,24,25);1H. The molecule has 1 aromatic rings. The normalized spacial score (nSPS) is 12.3. The summed E-state index contributed by atoms with van der Waals surface area (Å²) in [6.45, 7) is 14.1. The highest BCUT2D eigenvalue weighted by atomic mass is 127. The van der Waals surface area contributed by atoms with E-state index in [1.807, 2.05) is 37.3 Å². The Morgan fingerprint density at radius 3 is 2.23 bits per heavy atom. The van der Waals surface area contributed by atoms with Gasteiger partial charge in [-0.3, -0.25) is 9.89 Å². The lowest BCUT2D eigenvalue weighted by Crippen LogP contribution is -2.41. The van der Waals surface area contributed by atoms with Gasteiger partial charge in [-0.05, 0) is 53.0 Å². The van der Waals surface area contributed by atoms with E-state index in [9.17, 15) is 8.42 Å². The Balaban J connectivity index is 0.00000841.